The van der Waals surface area contributed by atoms with E-state index in [0.717, 1.165) is 0 Å². The molecular formula is C19H17FN6O3. The number of fused-ring (bicyclic) bond motifs is 2. The molecule has 0 aliphatic carbocycles. The highest BCUT2D eigenvalue weighted by Crippen LogP contribution is 2.35. The van der Waals surface area contributed by atoms with E-state index in [2.05, 4.69) is 20.1 Å². The number of likely N-dealkylation sites (tertiary alicyclic amines) is 1. The van der Waals surface area contributed by atoms with E-state index in [4.69, 9.17) is 5.73 Å². The Morgan fingerprint density at radius 2 is 2.10 bits per heavy atom. The van der Waals surface area contributed by atoms with Gasteiger partial charge in [0.1, 0.15) is 17.3 Å². The van der Waals surface area contributed by atoms with Crippen LogP contribution in [0.2, 0.25) is 0 Å². The molecule has 148 valence electrons. The van der Waals surface area contributed by atoms with Gasteiger partial charge in [0.05, 0.1) is 5.56 Å². The number of rotatable bonds is 1. The van der Waals surface area contributed by atoms with Crippen molar-refractivity contribution in [3.05, 3.63) is 58.5 Å². The van der Waals surface area contributed by atoms with Crippen LogP contribution in [-0.2, 0) is 0 Å². The van der Waals surface area contributed by atoms with Gasteiger partial charge in [0.2, 0.25) is 11.0 Å². The van der Waals surface area contributed by atoms with Crippen LogP contribution in [0.4, 0.5) is 10.1 Å². The van der Waals surface area contributed by atoms with Crippen LogP contribution in [0.15, 0.2) is 46.0 Å². The van der Waals surface area contributed by atoms with Crippen molar-refractivity contribution in [2.24, 2.45) is 10.7 Å². The van der Waals surface area contributed by atoms with Gasteiger partial charge in [-0.05, 0) is 29.2 Å². The molecular weight excluding hydrogens is 379 g/mol. The first-order valence-corrected chi connectivity index (χ1v) is 9.17. The van der Waals surface area contributed by atoms with Gasteiger partial charge in [-0.3, -0.25) is 9.42 Å². The van der Waals surface area contributed by atoms with Crippen molar-refractivity contribution in [3.63, 3.8) is 0 Å². The Morgan fingerprint density at radius 3 is 2.90 bits per heavy atom. The number of nitrogens with one attached hydrogen (secondary N) is 1. The average Bonchev–Trinajstić information content (AvgIpc) is 3.08. The molecule has 5 rings (SSSR count). The van der Waals surface area contributed by atoms with E-state index in [-0.39, 0.29) is 22.8 Å². The number of aromatic nitrogens is 2. The summed E-state index contributed by atoms with van der Waals surface area (Å²) in [6.45, 7) is 0.900. The summed E-state index contributed by atoms with van der Waals surface area (Å²) >= 11 is 0. The van der Waals surface area contributed by atoms with Gasteiger partial charge in [-0.1, -0.05) is 6.07 Å². The summed E-state index contributed by atoms with van der Waals surface area (Å²) in [6, 6.07) is 9.37. The largest absolute Gasteiger partial charge is 0.383 e. The van der Waals surface area contributed by atoms with Crippen molar-refractivity contribution < 1.29 is 18.7 Å². The van der Waals surface area contributed by atoms with Crippen LogP contribution < -0.4 is 16.0 Å². The normalized spacial score (nSPS) is 17.7. The second kappa shape index (κ2) is 6.16. The number of halogens is 1. The minimum absolute atomic E-state index is 0.165. The monoisotopic (exact) mass is 396 g/mol. The molecule has 3 aromatic rings. The number of aliphatic imine (C=N–C) groups is 1. The van der Waals surface area contributed by atoms with E-state index < -0.39 is 11.5 Å². The lowest BCUT2D eigenvalue weighted by atomic mass is 9.93. The van der Waals surface area contributed by atoms with E-state index in [1.807, 2.05) is 0 Å². The zero-order valence-electron chi connectivity index (χ0n) is 15.3. The number of hydrogen-bond acceptors (Lipinski definition) is 7. The first kappa shape index (κ1) is 17.4. The molecule has 0 radical (unpaired) electrons. The van der Waals surface area contributed by atoms with Gasteiger partial charge in [-0.15, -0.1) is 0 Å². The summed E-state index contributed by atoms with van der Waals surface area (Å²) in [4.78, 5) is 19.4. The van der Waals surface area contributed by atoms with Gasteiger partial charge >= 0.3 is 0 Å². The van der Waals surface area contributed by atoms with Crippen LogP contribution >= 0.6 is 0 Å². The third kappa shape index (κ3) is 2.75. The first-order chi connectivity index (χ1) is 14.0. The van der Waals surface area contributed by atoms with E-state index in [0.29, 0.717) is 47.6 Å². The number of anilines is 1. The molecule has 3 heterocycles. The second-order valence-electron chi connectivity index (χ2n) is 7.24. The van der Waals surface area contributed by atoms with Crippen LogP contribution in [0.5, 0.6) is 0 Å². The number of amides is 1. The summed E-state index contributed by atoms with van der Waals surface area (Å²) in [6.07, 6.45) is 1.06. The fourth-order valence-corrected chi connectivity index (χ4v) is 3.96. The Hall–Kier alpha value is -3.69. The van der Waals surface area contributed by atoms with Crippen molar-refractivity contribution in [3.8, 4) is 0 Å². The molecule has 10 heteroatoms. The highest BCUT2D eigenvalue weighted by molar-refractivity contribution is 6.04. The molecule has 2 aliphatic rings. The predicted molar refractivity (Wildman–Crippen MR) is 102 cm³/mol. The van der Waals surface area contributed by atoms with Gasteiger partial charge in [0, 0.05) is 48.4 Å². The minimum atomic E-state index is -0.661. The molecule has 0 unspecified atom stereocenters. The number of carbonyl (C=O) groups is 1. The number of amidine groups is 1. The van der Waals surface area contributed by atoms with Gasteiger partial charge in [0.15, 0.2) is 0 Å². The number of hydrogen-bond donors (Lipinski definition) is 2. The maximum absolute atomic E-state index is 14.1. The number of piperidine rings is 1. The highest BCUT2D eigenvalue weighted by atomic mass is 19.1. The number of nitrogens with two attached hydrogens (primary N) is 1. The predicted octanol–water partition coefficient (Wildman–Crippen LogP) is 1.36. The third-order valence-corrected chi connectivity index (χ3v) is 5.48. The van der Waals surface area contributed by atoms with Gasteiger partial charge in [0.25, 0.3) is 5.91 Å². The van der Waals surface area contributed by atoms with Crippen molar-refractivity contribution in [1.29, 1.82) is 0 Å². The number of carbonyl (C=O) groups excluding carboxylic acids is 1. The van der Waals surface area contributed by atoms with Crippen molar-refractivity contribution in [1.82, 2.24) is 10.1 Å². The molecule has 29 heavy (non-hydrogen) atoms. The number of benzene rings is 2. The molecule has 0 atom stereocenters. The lowest BCUT2D eigenvalue weighted by Gasteiger charge is -2.42. The molecule has 3 N–H and O–H groups in total. The smallest absolute Gasteiger partial charge is 0.254 e. The molecule has 1 spiro atoms. The summed E-state index contributed by atoms with van der Waals surface area (Å²) < 4.78 is 18.6. The Kier molecular flexibility index (Phi) is 3.70. The highest BCUT2D eigenvalue weighted by Gasteiger charge is 2.39. The average molecular weight is 396 g/mol. The van der Waals surface area contributed by atoms with Crippen molar-refractivity contribution >= 4 is 28.5 Å². The molecule has 9 nitrogen and oxygen atoms in total. The summed E-state index contributed by atoms with van der Waals surface area (Å²) in [5.74, 6) is -0.415. The van der Waals surface area contributed by atoms with E-state index in [1.165, 1.54) is 18.2 Å². The van der Waals surface area contributed by atoms with E-state index in [9.17, 15) is 14.4 Å². The van der Waals surface area contributed by atoms with E-state index >= 15 is 0 Å². The Labute approximate surface area is 164 Å². The minimum Gasteiger partial charge on any atom is -0.383 e. The van der Waals surface area contributed by atoms with Crippen LogP contribution in [0, 0.1) is 11.0 Å². The first-order valence-electron chi connectivity index (χ1n) is 9.17. The zero-order valence-corrected chi connectivity index (χ0v) is 15.3. The Balaban J connectivity index is 1.35. The maximum Gasteiger partial charge on any atom is 0.254 e. The van der Waals surface area contributed by atoms with E-state index in [1.54, 1.807) is 23.1 Å². The SMILES string of the molecule is NC1=NC2(CCN(C(=O)c3ccc4c(c3)no[n+]4[O-])CC2)Nc2cccc(F)c21. The standard InChI is InChI=1S/C19H17FN6O3/c20-12-2-1-3-13-16(12)17(21)23-19(22-13)6-8-25(9-7-19)18(27)11-4-5-15-14(10-11)24-29-26(15)28/h1-5,10,22H,6-9H2,(H2,21,23). The molecule has 1 amide bonds. The molecule has 1 aromatic heterocycles. The summed E-state index contributed by atoms with van der Waals surface area (Å²) in [7, 11) is 0. The van der Waals surface area contributed by atoms with Gasteiger partial charge < -0.3 is 21.2 Å². The van der Waals surface area contributed by atoms with Crippen molar-refractivity contribution in [2.45, 2.75) is 18.5 Å². The topological polar surface area (TPSA) is 124 Å². The fraction of sp³-hybridized carbons (Fsp3) is 0.263. The van der Waals surface area contributed by atoms with Crippen LogP contribution in [-0.4, -0.2) is 40.6 Å². The fourth-order valence-electron chi connectivity index (χ4n) is 3.96. The van der Waals surface area contributed by atoms with Gasteiger partial charge in [-0.2, -0.15) is 0 Å². The maximum atomic E-state index is 14.1. The Bertz CT molecular complexity index is 1170. The molecule has 1 saturated heterocycles. The molecule has 2 aromatic carbocycles. The Morgan fingerprint density at radius 1 is 1.31 bits per heavy atom. The number of nitrogens with zero attached hydrogens (tertiary/aromatic N) is 4. The van der Waals surface area contributed by atoms with Gasteiger partial charge in [-0.25, -0.2) is 9.38 Å². The second-order valence-corrected chi connectivity index (χ2v) is 7.24. The lowest BCUT2D eigenvalue weighted by Crippen LogP contribution is -2.52. The third-order valence-electron chi connectivity index (χ3n) is 5.48. The van der Waals surface area contributed by atoms with Crippen LogP contribution in [0.1, 0.15) is 28.8 Å². The molecule has 1 fully saturated rings. The quantitative estimate of drug-likeness (QED) is 0.599. The lowest BCUT2D eigenvalue weighted by molar-refractivity contribution is -0.782. The van der Waals surface area contributed by atoms with Crippen LogP contribution in [0.3, 0.4) is 0 Å². The molecule has 0 bridgehead atoms. The zero-order chi connectivity index (χ0) is 20.2. The summed E-state index contributed by atoms with van der Waals surface area (Å²) in [5.41, 5.74) is 7.29. The van der Waals surface area contributed by atoms with Crippen molar-refractivity contribution in [2.75, 3.05) is 18.4 Å². The molecule has 2 aliphatic heterocycles. The van der Waals surface area contributed by atoms with Crippen LogP contribution in [0.25, 0.3) is 11.0 Å². The molecule has 0 saturated carbocycles. The summed E-state index contributed by atoms with van der Waals surface area (Å²) in [5, 5.41) is 18.4.